The first-order valence-electron chi connectivity index (χ1n) is 6.30. The van der Waals surface area contributed by atoms with Crippen LogP contribution >= 0.6 is 15.9 Å². The number of aliphatic carboxylic acids is 1. The fourth-order valence-corrected chi connectivity index (χ4v) is 2.79. The zero-order chi connectivity index (χ0) is 17.1. The van der Waals surface area contributed by atoms with Crippen LogP contribution in [0.15, 0.2) is 22.2 Å². The van der Waals surface area contributed by atoms with E-state index in [0.717, 1.165) is 12.5 Å². The molecule has 0 radical (unpaired) electrons. The summed E-state index contributed by atoms with van der Waals surface area (Å²) >= 11 is 3.29. The van der Waals surface area contributed by atoms with Gasteiger partial charge in [0.1, 0.15) is 12.4 Å². The van der Waals surface area contributed by atoms with Crippen LogP contribution < -0.4 is 4.74 Å². The van der Waals surface area contributed by atoms with Gasteiger partial charge in [0, 0.05) is 5.56 Å². The summed E-state index contributed by atoms with van der Waals surface area (Å²) in [6.45, 7) is 1.49. The van der Waals surface area contributed by atoms with Crippen molar-refractivity contribution in [1.29, 1.82) is 0 Å². The molecule has 0 aliphatic carbocycles. The van der Waals surface area contributed by atoms with Crippen LogP contribution in [0.4, 0.5) is 13.2 Å². The standard InChI is InChI=1S/C14H13BrF2O3.CH3F/c1-7-3-8-5-9(13(18)19)12(14(2,17)6-16)20-11(8)10(15)4-7;1-2/h3-5,12H,6H2,1-2H3,(H,18,19);1H3. The Labute approximate surface area is 134 Å². The molecule has 0 amide bonds. The van der Waals surface area contributed by atoms with Crippen LogP contribution in [0.25, 0.3) is 6.08 Å². The lowest BCUT2D eigenvalue weighted by atomic mass is 9.91. The molecule has 2 rings (SSSR count). The highest BCUT2D eigenvalue weighted by atomic mass is 79.9. The van der Waals surface area contributed by atoms with E-state index in [2.05, 4.69) is 15.9 Å². The molecule has 3 nitrogen and oxygen atoms in total. The third-order valence-electron chi connectivity index (χ3n) is 3.10. The number of aryl methyl sites for hydroxylation is 1. The number of carbonyl (C=O) groups is 1. The maximum absolute atomic E-state index is 14.2. The molecule has 1 N–H and O–H groups in total. The number of halogens is 4. The Morgan fingerprint density at radius 1 is 1.45 bits per heavy atom. The summed E-state index contributed by atoms with van der Waals surface area (Å²) < 4.78 is 42.6. The van der Waals surface area contributed by atoms with Crippen molar-refractivity contribution >= 4 is 28.0 Å². The second kappa shape index (κ2) is 7.17. The molecule has 1 aliphatic rings. The fourth-order valence-electron chi connectivity index (χ4n) is 2.10. The minimum Gasteiger partial charge on any atom is -0.480 e. The Bertz CT molecular complexity index is 600. The van der Waals surface area contributed by atoms with Gasteiger partial charge in [-0.15, -0.1) is 0 Å². The summed E-state index contributed by atoms with van der Waals surface area (Å²) in [5, 5.41) is 9.18. The first-order chi connectivity index (χ1) is 10.3. The molecule has 22 heavy (non-hydrogen) atoms. The van der Waals surface area contributed by atoms with Gasteiger partial charge < -0.3 is 9.84 Å². The second-order valence-corrected chi connectivity index (χ2v) is 5.83. The molecule has 1 heterocycles. The van der Waals surface area contributed by atoms with Crippen molar-refractivity contribution < 1.29 is 27.8 Å². The Hall–Kier alpha value is -1.50. The zero-order valence-corrected chi connectivity index (χ0v) is 13.9. The van der Waals surface area contributed by atoms with E-state index in [1.807, 2.05) is 6.92 Å². The molecular weight excluding hydrogens is 365 g/mol. The smallest absolute Gasteiger partial charge is 0.335 e. The predicted molar refractivity (Wildman–Crippen MR) is 81.4 cm³/mol. The van der Waals surface area contributed by atoms with Crippen LogP contribution in [0.2, 0.25) is 0 Å². The van der Waals surface area contributed by atoms with Gasteiger partial charge in [-0.1, -0.05) is 0 Å². The molecule has 7 heteroatoms. The van der Waals surface area contributed by atoms with Crippen molar-refractivity contribution in [3.05, 3.63) is 33.3 Å². The first kappa shape index (κ1) is 18.5. The third kappa shape index (κ3) is 3.63. The highest BCUT2D eigenvalue weighted by molar-refractivity contribution is 9.10. The van der Waals surface area contributed by atoms with Gasteiger partial charge in [0.05, 0.1) is 17.2 Å². The van der Waals surface area contributed by atoms with Crippen LogP contribution in [-0.4, -0.2) is 36.7 Å². The van der Waals surface area contributed by atoms with Gasteiger partial charge in [0.2, 0.25) is 0 Å². The lowest BCUT2D eigenvalue weighted by Gasteiger charge is -2.33. The average Bonchev–Trinajstić information content (AvgIpc) is 2.47. The van der Waals surface area contributed by atoms with Crippen LogP contribution in [0, 0.1) is 6.92 Å². The quantitative estimate of drug-likeness (QED) is 0.851. The van der Waals surface area contributed by atoms with E-state index in [1.165, 1.54) is 6.08 Å². The summed E-state index contributed by atoms with van der Waals surface area (Å²) in [5.41, 5.74) is -1.28. The molecular formula is C15H16BrF3O3. The lowest BCUT2D eigenvalue weighted by Crippen LogP contribution is -2.45. The monoisotopic (exact) mass is 380 g/mol. The molecule has 0 saturated heterocycles. The van der Waals surface area contributed by atoms with Crippen LogP contribution in [0.1, 0.15) is 18.1 Å². The molecule has 0 bridgehead atoms. The van der Waals surface area contributed by atoms with Crippen LogP contribution in [0.3, 0.4) is 0 Å². The van der Waals surface area contributed by atoms with Crippen molar-refractivity contribution in [3.63, 3.8) is 0 Å². The van der Waals surface area contributed by atoms with Gasteiger partial charge in [0.15, 0.2) is 11.8 Å². The highest BCUT2D eigenvalue weighted by Crippen LogP contribution is 2.40. The van der Waals surface area contributed by atoms with E-state index in [1.54, 1.807) is 12.1 Å². The molecule has 0 saturated carbocycles. The number of carboxylic acid groups (broad SMARTS) is 1. The number of ether oxygens (including phenoxy) is 1. The molecule has 1 aromatic carbocycles. The zero-order valence-electron chi connectivity index (χ0n) is 12.3. The number of alkyl halides is 3. The van der Waals surface area contributed by atoms with Gasteiger partial charge in [-0.2, -0.15) is 0 Å². The number of benzene rings is 1. The van der Waals surface area contributed by atoms with Crippen molar-refractivity contribution in [1.82, 2.24) is 0 Å². The Kier molecular flexibility index (Phi) is 6.05. The van der Waals surface area contributed by atoms with Crippen LogP contribution in [0.5, 0.6) is 5.75 Å². The number of rotatable bonds is 3. The lowest BCUT2D eigenvalue weighted by molar-refractivity contribution is -0.134. The van der Waals surface area contributed by atoms with Gasteiger partial charge in [-0.05, 0) is 53.5 Å². The van der Waals surface area contributed by atoms with Gasteiger partial charge >= 0.3 is 5.97 Å². The molecule has 0 fully saturated rings. The normalized spacial score (nSPS) is 18.9. The summed E-state index contributed by atoms with van der Waals surface area (Å²) in [6, 6.07) is 3.49. The maximum Gasteiger partial charge on any atom is 0.335 e. The number of hydrogen-bond donors (Lipinski definition) is 1. The van der Waals surface area contributed by atoms with Crippen molar-refractivity contribution in [2.45, 2.75) is 25.6 Å². The molecule has 0 aromatic heterocycles. The number of carboxylic acids is 1. The Morgan fingerprint density at radius 2 is 2.05 bits per heavy atom. The predicted octanol–water partition coefficient (Wildman–Crippen LogP) is 4.27. The molecule has 2 unspecified atom stereocenters. The third-order valence-corrected chi connectivity index (χ3v) is 3.69. The number of hydrogen-bond acceptors (Lipinski definition) is 2. The Morgan fingerprint density at radius 3 is 2.55 bits per heavy atom. The van der Waals surface area contributed by atoms with Crippen molar-refractivity contribution in [3.8, 4) is 5.75 Å². The Balaban J connectivity index is 0.00000116. The molecule has 2 atom stereocenters. The van der Waals surface area contributed by atoms with E-state index < -0.39 is 24.4 Å². The second-order valence-electron chi connectivity index (χ2n) is 4.98. The van der Waals surface area contributed by atoms with E-state index in [9.17, 15) is 23.1 Å². The maximum atomic E-state index is 14.2. The molecule has 1 aromatic rings. The summed E-state index contributed by atoms with van der Waals surface area (Å²) in [6.07, 6.45) is -0.159. The van der Waals surface area contributed by atoms with Crippen molar-refractivity contribution in [2.24, 2.45) is 0 Å². The van der Waals surface area contributed by atoms with Gasteiger partial charge in [-0.3, -0.25) is 4.39 Å². The van der Waals surface area contributed by atoms with E-state index in [0.29, 0.717) is 23.0 Å². The van der Waals surface area contributed by atoms with E-state index in [4.69, 9.17) is 4.74 Å². The van der Waals surface area contributed by atoms with Crippen molar-refractivity contribution in [2.75, 3.05) is 13.9 Å². The topological polar surface area (TPSA) is 46.5 Å². The fraction of sp³-hybridized carbons (Fsp3) is 0.400. The summed E-state index contributed by atoms with van der Waals surface area (Å²) in [4.78, 5) is 11.3. The number of fused-ring (bicyclic) bond motifs is 1. The molecule has 122 valence electrons. The largest absolute Gasteiger partial charge is 0.480 e. The van der Waals surface area contributed by atoms with E-state index in [-0.39, 0.29) is 5.57 Å². The van der Waals surface area contributed by atoms with Gasteiger partial charge in [0.25, 0.3) is 0 Å². The minimum atomic E-state index is -2.41. The van der Waals surface area contributed by atoms with E-state index >= 15 is 0 Å². The summed E-state index contributed by atoms with van der Waals surface area (Å²) in [5.74, 6) is -1.00. The van der Waals surface area contributed by atoms with Gasteiger partial charge in [-0.25, -0.2) is 13.6 Å². The first-order valence-corrected chi connectivity index (χ1v) is 7.10. The average molecular weight is 381 g/mol. The highest BCUT2D eigenvalue weighted by Gasteiger charge is 2.44. The van der Waals surface area contributed by atoms with Crippen LogP contribution in [-0.2, 0) is 4.79 Å². The molecule has 1 aliphatic heterocycles. The minimum absolute atomic E-state index is 0.294. The summed E-state index contributed by atoms with van der Waals surface area (Å²) in [7, 11) is 0.500. The SMILES string of the molecule is CF.Cc1cc(Br)c2c(c1)C=C(C(=O)O)C(C(C)(F)CF)O2. The molecule has 0 spiro atoms.